The number of benzene rings is 1. The molecule has 7 heteroatoms. The van der Waals surface area contributed by atoms with Crippen molar-refractivity contribution < 1.29 is 13.9 Å². The number of furan rings is 1. The minimum Gasteiger partial charge on any atom is -0.460 e. The molecule has 3 heterocycles. The van der Waals surface area contributed by atoms with Crippen molar-refractivity contribution in [2.24, 2.45) is 0 Å². The average molecular weight is 394 g/mol. The van der Waals surface area contributed by atoms with Gasteiger partial charge in [-0.2, -0.15) is 5.10 Å². The van der Waals surface area contributed by atoms with Crippen LogP contribution in [0.5, 0.6) is 0 Å². The van der Waals surface area contributed by atoms with Gasteiger partial charge in [0.1, 0.15) is 11.5 Å². The van der Waals surface area contributed by atoms with E-state index >= 15 is 0 Å². The van der Waals surface area contributed by atoms with Gasteiger partial charge in [-0.05, 0) is 49.6 Å². The van der Waals surface area contributed by atoms with Crippen LogP contribution in [0, 0.1) is 6.92 Å². The Morgan fingerprint density at radius 2 is 2.21 bits per heavy atom. The molecule has 0 saturated carbocycles. The van der Waals surface area contributed by atoms with Gasteiger partial charge in [0.25, 0.3) is 5.91 Å². The van der Waals surface area contributed by atoms with Gasteiger partial charge in [-0.1, -0.05) is 12.1 Å². The fourth-order valence-electron chi connectivity index (χ4n) is 3.51. The molecule has 0 bridgehead atoms. The highest BCUT2D eigenvalue weighted by Crippen LogP contribution is 2.23. The summed E-state index contributed by atoms with van der Waals surface area (Å²) in [5.41, 5.74) is 3.63. The SMILES string of the molecule is Cc1ccc(-c2[nH]ncc2CNCc2cccc(C(=O)NCC3CCCO3)c2)o1. The lowest BCUT2D eigenvalue weighted by atomic mass is 10.1. The predicted octanol–water partition coefficient (Wildman–Crippen LogP) is 3.18. The van der Waals surface area contributed by atoms with Gasteiger partial charge in [0.05, 0.1) is 12.3 Å². The summed E-state index contributed by atoms with van der Waals surface area (Å²) >= 11 is 0. The summed E-state index contributed by atoms with van der Waals surface area (Å²) in [5, 5.41) is 13.5. The number of hydrogen-bond acceptors (Lipinski definition) is 5. The van der Waals surface area contributed by atoms with Crippen LogP contribution in [0.4, 0.5) is 0 Å². The van der Waals surface area contributed by atoms with Crippen molar-refractivity contribution in [1.29, 1.82) is 0 Å². The molecule has 1 aliphatic rings. The molecule has 4 rings (SSSR count). The lowest BCUT2D eigenvalue weighted by Gasteiger charge is -2.11. The molecule has 1 atom stereocenters. The Hall–Kier alpha value is -2.90. The van der Waals surface area contributed by atoms with E-state index in [-0.39, 0.29) is 12.0 Å². The highest BCUT2D eigenvalue weighted by Gasteiger charge is 2.17. The van der Waals surface area contributed by atoms with Crippen molar-refractivity contribution in [3.63, 3.8) is 0 Å². The molecule has 0 spiro atoms. The molecule has 1 fully saturated rings. The minimum atomic E-state index is -0.0624. The Bertz CT molecular complexity index is 956. The molecule has 3 N–H and O–H groups in total. The summed E-state index contributed by atoms with van der Waals surface area (Å²) in [7, 11) is 0. The summed E-state index contributed by atoms with van der Waals surface area (Å²) in [5.74, 6) is 1.58. The van der Waals surface area contributed by atoms with Crippen LogP contribution in [0.25, 0.3) is 11.5 Å². The number of aryl methyl sites for hydroxylation is 1. The molecule has 2 aromatic heterocycles. The second kappa shape index (κ2) is 9.07. The number of hydrogen-bond donors (Lipinski definition) is 3. The third kappa shape index (κ3) is 4.93. The number of aromatic nitrogens is 2. The third-order valence-corrected chi connectivity index (χ3v) is 5.05. The van der Waals surface area contributed by atoms with Gasteiger partial charge in [-0.25, -0.2) is 0 Å². The zero-order valence-electron chi connectivity index (χ0n) is 16.5. The Morgan fingerprint density at radius 3 is 3.00 bits per heavy atom. The van der Waals surface area contributed by atoms with Gasteiger partial charge in [0.15, 0.2) is 5.76 Å². The highest BCUT2D eigenvalue weighted by molar-refractivity contribution is 5.94. The maximum Gasteiger partial charge on any atom is 0.251 e. The number of H-pyrrole nitrogens is 1. The van der Waals surface area contributed by atoms with E-state index in [9.17, 15) is 4.79 Å². The number of rotatable bonds is 8. The summed E-state index contributed by atoms with van der Waals surface area (Å²) in [6.45, 7) is 4.56. The maximum atomic E-state index is 12.4. The lowest BCUT2D eigenvalue weighted by molar-refractivity contribution is 0.0857. The first-order chi connectivity index (χ1) is 14.2. The van der Waals surface area contributed by atoms with E-state index < -0.39 is 0 Å². The molecule has 152 valence electrons. The first kappa shape index (κ1) is 19.4. The smallest absolute Gasteiger partial charge is 0.251 e. The van der Waals surface area contributed by atoms with Crippen LogP contribution in [-0.2, 0) is 17.8 Å². The van der Waals surface area contributed by atoms with E-state index in [1.807, 2.05) is 43.3 Å². The second-order valence-electron chi connectivity index (χ2n) is 7.33. The van der Waals surface area contributed by atoms with E-state index in [0.29, 0.717) is 25.2 Å². The summed E-state index contributed by atoms with van der Waals surface area (Å²) in [4.78, 5) is 12.4. The van der Waals surface area contributed by atoms with E-state index in [2.05, 4.69) is 20.8 Å². The normalized spacial score (nSPS) is 16.2. The molecule has 1 aromatic carbocycles. The molecular formula is C22H26N4O3. The fourth-order valence-corrected chi connectivity index (χ4v) is 3.51. The molecule has 1 saturated heterocycles. The Morgan fingerprint density at radius 1 is 1.28 bits per heavy atom. The maximum absolute atomic E-state index is 12.4. The van der Waals surface area contributed by atoms with E-state index in [4.69, 9.17) is 9.15 Å². The summed E-state index contributed by atoms with van der Waals surface area (Å²) in [6.07, 6.45) is 4.03. The van der Waals surface area contributed by atoms with Crippen molar-refractivity contribution in [3.05, 3.63) is 65.0 Å². The van der Waals surface area contributed by atoms with Gasteiger partial charge >= 0.3 is 0 Å². The van der Waals surface area contributed by atoms with Crippen molar-refractivity contribution in [1.82, 2.24) is 20.8 Å². The topological polar surface area (TPSA) is 92.2 Å². The van der Waals surface area contributed by atoms with Crippen LogP contribution in [0.1, 0.15) is 40.1 Å². The summed E-state index contributed by atoms with van der Waals surface area (Å²) < 4.78 is 11.2. The van der Waals surface area contributed by atoms with Crippen LogP contribution in [0.2, 0.25) is 0 Å². The number of nitrogens with zero attached hydrogens (tertiary/aromatic N) is 1. The zero-order chi connectivity index (χ0) is 20.1. The van der Waals surface area contributed by atoms with Crippen molar-refractivity contribution in [3.8, 4) is 11.5 Å². The lowest BCUT2D eigenvalue weighted by Crippen LogP contribution is -2.31. The van der Waals surface area contributed by atoms with E-state index in [0.717, 1.165) is 47.8 Å². The van der Waals surface area contributed by atoms with Crippen molar-refractivity contribution >= 4 is 5.91 Å². The third-order valence-electron chi connectivity index (χ3n) is 5.05. The predicted molar refractivity (Wildman–Crippen MR) is 109 cm³/mol. The molecule has 7 nitrogen and oxygen atoms in total. The molecule has 0 aliphatic carbocycles. The largest absolute Gasteiger partial charge is 0.460 e. The van der Waals surface area contributed by atoms with Crippen LogP contribution in [0.3, 0.4) is 0 Å². The van der Waals surface area contributed by atoms with Gasteiger partial charge in [-0.15, -0.1) is 0 Å². The van der Waals surface area contributed by atoms with E-state index in [1.54, 1.807) is 6.20 Å². The molecular weight excluding hydrogens is 368 g/mol. The van der Waals surface area contributed by atoms with Crippen LogP contribution >= 0.6 is 0 Å². The van der Waals surface area contributed by atoms with E-state index in [1.165, 1.54) is 0 Å². The second-order valence-corrected chi connectivity index (χ2v) is 7.33. The van der Waals surface area contributed by atoms with Crippen LogP contribution in [-0.4, -0.2) is 35.4 Å². The Balaban J connectivity index is 1.31. The first-order valence-corrected chi connectivity index (χ1v) is 9.97. The van der Waals surface area contributed by atoms with Gasteiger partial charge in [-0.3, -0.25) is 9.89 Å². The molecule has 1 aliphatic heterocycles. The Kier molecular flexibility index (Phi) is 6.07. The number of carbonyl (C=O) groups excluding carboxylic acids is 1. The monoisotopic (exact) mass is 394 g/mol. The van der Waals surface area contributed by atoms with Gasteiger partial charge < -0.3 is 19.8 Å². The quantitative estimate of drug-likeness (QED) is 0.546. The first-order valence-electron chi connectivity index (χ1n) is 9.97. The number of amides is 1. The zero-order valence-corrected chi connectivity index (χ0v) is 16.5. The van der Waals surface area contributed by atoms with Crippen molar-refractivity contribution in [2.45, 2.75) is 39.0 Å². The average Bonchev–Trinajstić information content (AvgIpc) is 3.48. The number of carbonyl (C=O) groups is 1. The molecule has 0 radical (unpaired) electrons. The molecule has 1 unspecified atom stereocenters. The van der Waals surface area contributed by atoms with Crippen LogP contribution < -0.4 is 10.6 Å². The number of nitrogens with one attached hydrogen (secondary N) is 3. The van der Waals surface area contributed by atoms with Gasteiger partial charge in [0.2, 0.25) is 0 Å². The Labute approximate surface area is 169 Å². The standard InChI is InChI=1S/C22H26N4O3/c1-15-7-8-20(29-15)21-18(13-25-26-21)12-23-11-16-4-2-5-17(10-16)22(27)24-14-19-6-3-9-28-19/h2,4-5,7-8,10,13,19,23H,3,6,9,11-12,14H2,1H3,(H,24,27)(H,25,26). The molecule has 3 aromatic rings. The number of aromatic amines is 1. The number of ether oxygens (including phenoxy) is 1. The van der Waals surface area contributed by atoms with Gasteiger partial charge in [0, 0.05) is 37.4 Å². The molecule has 1 amide bonds. The van der Waals surface area contributed by atoms with Crippen LogP contribution in [0.15, 0.2) is 47.0 Å². The molecule has 29 heavy (non-hydrogen) atoms. The highest BCUT2D eigenvalue weighted by atomic mass is 16.5. The minimum absolute atomic E-state index is 0.0624. The fraction of sp³-hybridized carbons (Fsp3) is 0.364. The summed E-state index contributed by atoms with van der Waals surface area (Å²) in [6, 6.07) is 11.5. The van der Waals surface area contributed by atoms with Crippen molar-refractivity contribution in [2.75, 3.05) is 13.2 Å².